The zero-order valence-electron chi connectivity index (χ0n) is 12.5. The predicted molar refractivity (Wildman–Crippen MR) is 82.8 cm³/mol. The van der Waals surface area contributed by atoms with E-state index in [1.807, 2.05) is 12.1 Å². The molecule has 1 aromatic carbocycles. The van der Waals surface area contributed by atoms with E-state index >= 15 is 0 Å². The molecule has 1 amide bonds. The summed E-state index contributed by atoms with van der Waals surface area (Å²) in [5, 5.41) is 6.17. The maximum absolute atomic E-state index is 12.2. The first-order chi connectivity index (χ1) is 10.8. The van der Waals surface area contributed by atoms with Gasteiger partial charge in [-0.05, 0) is 31.5 Å². The number of carbonyl (C=O) groups excluding carboxylic acids is 1. The van der Waals surface area contributed by atoms with Crippen molar-refractivity contribution >= 4 is 11.6 Å². The van der Waals surface area contributed by atoms with Crippen LogP contribution in [0.4, 0.5) is 5.69 Å². The standard InChI is InChI=1S/C16H19N3O3/c1-21-14-8-11(5-6-12(14)15-9-17-10-22-15)19-16(20)13-4-2-3-7-18-13/h5-6,8-10,13,18H,2-4,7H2,1H3,(H,19,20). The second-order valence-corrected chi connectivity index (χ2v) is 5.27. The fourth-order valence-electron chi connectivity index (χ4n) is 2.63. The molecule has 0 bridgehead atoms. The molecule has 6 nitrogen and oxygen atoms in total. The Kier molecular flexibility index (Phi) is 4.39. The minimum atomic E-state index is -0.117. The molecule has 6 heteroatoms. The average molecular weight is 301 g/mol. The Morgan fingerprint density at radius 3 is 3.05 bits per heavy atom. The van der Waals surface area contributed by atoms with Gasteiger partial charge in [-0.3, -0.25) is 4.79 Å². The molecule has 0 spiro atoms. The third kappa shape index (κ3) is 3.12. The van der Waals surface area contributed by atoms with Crippen LogP contribution in [0.3, 0.4) is 0 Å². The molecule has 1 atom stereocenters. The van der Waals surface area contributed by atoms with Crippen molar-refractivity contribution in [3.63, 3.8) is 0 Å². The fraction of sp³-hybridized carbons (Fsp3) is 0.375. The molecule has 116 valence electrons. The number of nitrogens with zero attached hydrogens (tertiary/aromatic N) is 1. The lowest BCUT2D eigenvalue weighted by Crippen LogP contribution is -2.43. The smallest absolute Gasteiger partial charge is 0.241 e. The largest absolute Gasteiger partial charge is 0.496 e. The maximum Gasteiger partial charge on any atom is 0.241 e. The first kappa shape index (κ1) is 14.6. The summed E-state index contributed by atoms with van der Waals surface area (Å²) in [5.74, 6) is 1.25. The van der Waals surface area contributed by atoms with E-state index in [1.54, 1.807) is 19.4 Å². The number of rotatable bonds is 4. The van der Waals surface area contributed by atoms with Gasteiger partial charge in [0.05, 0.1) is 24.9 Å². The van der Waals surface area contributed by atoms with Gasteiger partial charge in [-0.25, -0.2) is 4.98 Å². The van der Waals surface area contributed by atoms with Crippen molar-refractivity contribution in [1.82, 2.24) is 10.3 Å². The van der Waals surface area contributed by atoms with Gasteiger partial charge in [0.2, 0.25) is 5.91 Å². The second kappa shape index (κ2) is 6.62. The van der Waals surface area contributed by atoms with Crippen molar-refractivity contribution in [3.05, 3.63) is 30.8 Å². The molecule has 0 saturated carbocycles. The lowest BCUT2D eigenvalue weighted by Gasteiger charge is -2.22. The number of amides is 1. The number of methoxy groups -OCH3 is 1. The second-order valence-electron chi connectivity index (χ2n) is 5.27. The van der Waals surface area contributed by atoms with Gasteiger partial charge in [0.1, 0.15) is 5.75 Å². The van der Waals surface area contributed by atoms with Gasteiger partial charge in [-0.15, -0.1) is 0 Å². The molecular formula is C16H19N3O3. The van der Waals surface area contributed by atoms with Crippen LogP contribution in [0.5, 0.6) is 5.75 Å². The Balaban J connectivity index is 1.76. The fourth-order valence-corrected chi connectivity index (χ4v) is 2.63. The number of benzene rings is 1. The molecule has 1 aromatic heterocycles. The average Bonchev–Trinajstić information content (AvgIpc) is 3.09. The van der Waals surface area contributed by atoms with Gasteiger partial charge in [0.25, 0.3) is 0 Å². The van der Waals surface area contributed by atoms with E-state index in [4.69, 9.17) is 9.15 Å². The Hall–Kier alpha value is -2.34. The number of anilines is 1. The van der Waals surface area contributed by atoms with Crippen molar-refractivity contribution in [2.45, 2.75) is 25.3 Å². The van der Waals surface area contributed by atoms with E-state index < -0.39 is 0 Å². The number of aromatic nitrogens is 1. The van der Waals surface area contributed by atoms with Crippen LogP contribution in [-0.4, -0.2) is 30.6 Å². The zero-order chi connectivity index (χ0) is 15.4. The van der Waals surface area contributed by atoms with E-state index in [-0.39, 0.29) is 11.9 Å². The summed E-state index contributed by atoms with van der Waals surface area (Å²) in [4.78, 5) is 16.1. The van der Waals surface area contributed by atoms with Gasteiger partial charge >= 0.3 is 0 Å². The molecule has 0 radical (unpaired) electrons. The van der Waals surface area contributed by atoms with Crippen molar-refractivity contribution in [2.24, 2.45) is 0 Å². The van der Waals surface area contributed by atoms with Gasteiger partial charge in [0.15, 0.2) is 12.2 Å². The Bertz CT molecular complexity index is 634. The van der Waals surface area contributed by atoms with Crippen LogP contribution in [0.15, 0.2) is 35.2 Å². The summed E-state index contributed by atoms with van der Waals surface area (Å²) in [6.07, 6.45) is 6.09. The first-order valence-corrected chi connectivity index (χ1v) is 7.39. The number of nitrogens with one attached hydrogen (secondary N) is 2. The molecule has 1 aliphatic heterocycles. The first-order valence-electron chi connectivity index (χ1n) is 7.39. The Labute approximate surface area is 128 Å². The summed E-state index contributed by atoms with van der Waals surface area (Å²) >= 11 is 0. The number of ether oxygens (including phenoxy) is 1. The van der Waals surface area contributed by atoms with Crippen LogP contribution in [0.2, 0.25) is 0 Å². The van der Waals surface area contributed by atoms with Crippen molar-refractivity contribution in [1.29, 1.82) is 0 Å². The minimum absolute atomic E-state index is 0.00540. The van der Waals surface area contributed by atoms with E-state index in [9.17, 15) is 4.79 Å². The van der Waals surface area contributed by atoms with Crippen LogP contribution in [0.1, 0.15) is 19.3 Å². The van der Waals surface area contributed by atoms with Gasteiger partial charge in [-0.2, -0.15) is 0 Å². The molecule has 1 unspecified atom stereocenters. The van der Waals surface area contributed by atoms with Gasteiger partial charge < -0.3 is 19.8 Å². The minimum Gasteiger partial charge on any atom is -0.496 e. The predicted octanol–water partition coefficient (Wildman–Crippen LogP) is 2.43. The van der Waals surface area contributed by atoms with E-state index in [0.717, 1.165) is 31.4 Å². The van der Waals surface area contributed by atoms with E-state index in [0.29, 0.717) is 17.2 Å². The summed E-state index contributed by atoms with van der Waals surface area (Å²) < 4.78 is 10.7. The molecule has 1 saturated heterocycles. The molecule has 1 fully saturated rings. The number of carbonyl (C=O) groups is 1. The number of oxazole rings is 1. The summed E-state index contributed by atoms with van der Waals surface area (Å²) in [5.41, 5.74) is 1.51. The Morgan fingerprint density at radius 2 is 2.36 bits per heavy atom. The molecule has 0 aliphatic carbocycles. The summed E-state index contributed by atoms with van der Waals surface area (Å²) in [6, 6.07) is 5.36. The van der Waals surface area contributed by atoms with Crippen molar-refractivity contribution in [2.75, 3.05) is 19.0 Å². The quantitative estimate of drug-likeness (QED) is 0.907. The molecule has 3 rings (SSSR count). The SMILES string of the molecule is COc1cc(NC(=O)C2CCCCN2)ccc1-c1cnco1. The number of hydrogen-bond acceptors (Lipinski definition) is 5. The van der Waals surface area contributed by atoms with Crippen LogP contribution >= 0.6 is 0 Å². The summed E-state index contributed by atoms with van der Waals surface area (Å²) in [6.45, 7) is 0.895. The molecule has 2 aromatic rings. The van der Waals surface area contributed by atoms with E-state index in [2.05, 4.69) is 15.6 Å². The van der Waals surface area contributed by atoms with Crippen molar-refractivity contribution in [3.8, 4) is 17.1 Å². The van der Waals surface area contributed by atoms with E-state index in [1.165, 1.54) is 6.39 Å². The molecule has 2 heterocycles. The van der Waals surface area contributed by atoms with Crippen LogP contribution in [0, 0.1) is 0 Å². The summed E-state index contributed by atoms with van der Waals surface area (Å²) in [7, 11) is 1.59. The normalized spacial score (nSPS) is 18.0. The lowest BCUT2D eigenvalue weighted by molar-refractivity contribution is -0.118. The van der Waals surface area contributed by atoms with Gasteiger partial charge in [0, 0.05) is 11.8 Å². The molecule has 22 heavy (non-hydrogen) atoms. The Morgan fingerprint density at radius 1 is 1.45 bits per heavy atom. The molecule has 1 aliphatic rings. The van der Waals surface area contributed by atoms with Gasteiger partial charge in [-0.1, -0.05) is 6.42 Å². The monoisotopic (exact) mass is 301 g/mol. The lowest BCUT2D eigenvalue weighted by atomic mass is 10.0. The zero-order valence-corrected chi connectivity index (χ0v) is 12.5. The third-order valence-electron chi connectivity index (χ3n) is 3.79. The molecular weight excluding hydrogens is 282 g/mol. The third-order valence-corrected chi connectivity index (χ3v) is 3.79. The van der Waals surface area contributed by atoms with Crippen LogP contribution in [-0.2, 0) is 4.79 Å². The van der Waals surface area contributed by atoms with Crippen molar-refractivity contribution < 1.29 is 13.9 Å². The van der Waals surface area contributed by atoms with Crippen LogP contribution < -0.4 is 15.4 Å². The highest BCUT2D eigenvalue weighted by atomic mass is 16.5. The number of piperidine rings is 1. The highest BCUT2D eigenvalue weighted by molar-refractivity contribution is 5.95. The number of hydrogen-bond donors (Lipinski definition) is 2. The maximum atomic E-state index is 12.2. The van der Waals surface area contributed by atoms with Crippen LogP contribution in [0.25, 0.3) is 11.3 Å². The highest BCUT2D eigenvalue weighted by Crippen LogP contribution is 2.32. The molecule has 2 N–H and O–H groups in total. The highest BCUT2D eigenvalue weighted by Gasteiger charge is 2.21. The topological polar surface area (TPSA) is 76.4 Å².